The van der Waals surface area contributed by atoms with Gasteiger partial charge in [0, 0.05) is 43.4 Å². The molecule has 146 valence electrons. The predicted molar refractivity (Wildman–Crippen MR) is 111 cm³/mol. The Bertz CT molecular complexity index is 831. The molecule has 0 aliphatic carbocycles. The average Bonchev–Trinajstić information content (AvgIpc) is 2.67. The van der Waals surface area contributed by atoms with Crippen molar-refractivity contribution >= 4 is 27.3 Å². The van der Waals surface area contributed by atoms with Crippen LogP contribution >= 0.6 is 11.6 Å². The molecule has 1 saturated heterocycles. The van der Waals surface area contributed by atoms with Gasteiger partial charge in [-0.2, -0.15) is 0 Å². The number of piperazine rings is 1. The van der Waals surface area contributed by atoms with E-state index in [-0.39, 0.29) is 0 Å². The lowest BCUT2D eigenvalue weighted by molar-refractivity contribution is 0.255. The lowest BCUT2D eigenvalue weighted by Gasteiger charge is -2.36. The fourth-order valence-corrected chi connectivity index (χ4v) is 4.39. The molecular formula is C20H26ClN3O2S. The molecule has 1 aliphatic heterocycles. The minimum atomic E-state index is -3.42. The van der Waals surface area contributed by atoms with Crippen LogP contribution in [0.5, 0.6) is 0 Å². The maximum absolute atomic E-state index is 12.3. The van der Waals surface area contributed by atoms with E-state index in [1.54, 1.807) is 12.1 Å². The summed E-state index contributed by atoms with van der Waals surface area (Å²) in [5.41, 5.74) is 2.25. The third kappa shape index (κ3) is 5.69. The second-order valence-corrected chi connectivity index (χ2v) is 9.07. The number of benzene rings is 2. The van der Waals surface area contributed by atoms with Crippen LogP contribution in [0.1, 0.15) is 12.0 Å². The zero-order chi connectivity index (χ0) is 19.3. The van der Waals surface area contributed by atoms with E-state index in [9.17, 15) is 8.42 Å². The van der Waals surface area contributed by atoms with Crippen LogP contribution in [0.25, 0.3) is 0 Å². The number of nitrogens with one attached hydrogen (secondary N) is 1. The molecule has 2 aromatic rings. The maximum Gasteiger partial charge on any atom is 0.240 e. The molecule has 0 amide bonds. The molecule has 1 fully saturated rings. The van der Waals surface area contributed by atoms with Gasteiger partial charge in [-0.25, -0.2) is 13.1 Å². The van der Waals surface area contributed by atoms with Crippen molar-refractivity contribution < 1.29 is 8.42 Å². The van der Waals surface area contributed by atoms with Gasteiger partial charge in [0.2, 0.25) is 10.0 Å². The number of hydrogen-bond acceptors (Lipinski definition) is 4. The second-order valence-electron chi connectivity index (χ2n) is 6.87. The van der Waals surface area contributed by atoms with Crippen LogP contribution in [0.3, 0.4) is 0 Å². The van der Waals surface area contributed by atoms with Crippen LogP contribution in [0.15, 0.2) is 53.4 Å². The Kier molecular flexibility index (Phi) is 6.76. The summed E-state index contributed by atoms with van der Waals surface area (Å²) in [6, 6.07) is 14.9. The molecule has 0 spiro atoms. The van der Waals surface area contributed by atoms with E-state index in [0.717, 1.165) is 49.7 Å². The van der Waals surface area contributed by atoms with Crippen molar-refractivity contribution in [2.45, 2.75) is 18.2 Å². The monoisotopic (exact) mass is 407 g/mol. The van der Waals surface area contributed by atoms with E-state index in [1.165, 1.54) is 5.69 Å². The van der Waals surface area contributed by atoms with Gasteiger partial charge in [0.15, 0.2) is 0 Å². The number of sulfonamides is 1. The first kappa shape index (κ1) is 20.1. The summed E-state index contributed by atoms with van der Waals surface area (Å²) in [5.74, 6) is 0. The highest BCUT2D eigenvalue weighted by Crippen LogP contribution is 2.19. The van der Waals surface area contributed by atoms with Crippen LogP contribution in [-0.4, -0.2) is 52.6 Å². The molecule has 0 bridgehead atoms. The summed E-state index contributed by atoms with van der Waals surface area (Å²) < 4.78 is 27.3. The highest BCUT2D eigenvalue weighted by Gasteiger charge is 2.17. The molecule has 0 unspecified atom stereocenters. The van der Waals surface area contributed by atoms with Gasteiger partial charge in [-0.3, -0.25) is 4.90 Å². The first-order chi connectivity index (χ1) is 12.9. The van der Waals surface area contributed by atoms with Crippen molar-refractivity contribution in [1.29, 1.82) is 0 Å². The fraction of sp³-hybridized carbons (Fsp3) is 0.400. The molecule has 0 saturated carbocycles. The third-order valence-electron chi connectivity index (χ3n) is 4.84. The average molecular weight is 408 g/mol. The Hall–Kier alpha value is -1.60. The van der Waals surface area contributed by atoms with Gasteiger partial charge >= 0.3 is 0 Å². The number of aryl methyl sites for hydroxylation is 1. The normalized spacial score (nSPS) is 15.9. The van der Waals surface area contributed by atoms with Crippen LogP contribution < -0.4 is 9.62 Å². The zero-order valence-electron chi connectivity index (χ0n) is 15.6. The molecule has 0 radical (unpaired) electrons. The number of rotatable bonds is 7. The number of nitrogens with zero attached hydrogens (tertiary/aromatic N) is 2. The van der Waals surface area contributed by atoms with Gasteiger partial charge in [0.1, 0.15) is 0 Å². The van der Waals surface area contributed by atoms with Crippen LogP contribution in [-0.2, 0) is 10.0 Å². The summed E-state index contributed by atoms with van der Waals surface area (Å²) in [6.45, 7) is 7.18. The first-order valence-electron chi connectivity index (χ1n) is 9.23. The molecule has 1 N–H and O–H groups in total. The van der Waals surface area contributed by atoms with Crippen LogP contribution in [0.4, 0.5) is 5.69 Å². The Balaban J connectivity index is 1.39. The molecule has 5 nitrogen and oxygen atoms in total. The van der Waals surface area contributed by atoms with Gasteiger partial charge < -0.3 is 4.90 Å². The summed E-state index contributed by atoms with van der Waals surface area (Å²) in [4.78, 5) is 5.06. The molecule has 1 heterocycles. The molecule has 0 atom stereocenters. The Morgan fingerprint density at radius 2 is 1.59 bits per heavy atom. The smallest absolute Gasteiger partial charge is 0.240 e. The lowest BCUT2D eigenvalue weighted by Crippen LogP contribution is -2.47. The number of hydrogen-bond donors (Lipinski definition) is 1. The molecule has 7 heteroatoms. The first-order valence-corrected chi connectivity index (χ1v) is 11.1. The fourth-order valence-electron chi connectivity index (χ4n) is 3.19. The van der Waals surface area contributed by atoms with E-state index in [1.807, 2.05) is 31.2 Å². The van der Waals surface area contributed by atoms with Gasteiger partial charge in [-0.05, 0) is 56.3 Å². The summed E-state index contributed by atoms with van der Waals surface area (Å²) in [7, 11) is -3.42. The molecular weight excluding hydrogens is 382 g/mol. The van der Waals surface area contributed by atoms with E-state index in [4.69, 9.17) is 11.6 Å². The van der Waals surface area contributed by atoms with Gasteiger partial charge in [0.25, 0.3) is 0 Å². The van der Waals surface area contributed by atoms with Crippen LogP contribution in [0.2, 0.25) is 5.02 Å². The maximum atomic E-state index is 12.3. The van der Waals surface area contributed by atoms with E-state index in [2.05, 4.69) is 26.7 Å². The SMILES string of the molecule is Cc1ccc(S(=O)(=O)NCCCN2CCN(c3ccc(Cl)cc3)CC2)cc1. The topological polar surface area (TPSA) is 52.7 Å². The van der Waals surface area contributed by atoms with Crippen molar-refractivity contribution in [2.24, 2.45) is 0 Å². The van der Waals surface area contributed by atoms with Gasteiger partial charge in [0.05, 0.1) is 4.90 Å². The quantitative estimate of drug-likeness (QED) is 0.716. The van der Waals surface area contributed by atoms with Crippen molar-refractivity contribution in [3.05, 3.63) is 59.1 Å². The summed E-state index contributed by atoms with van der Waals surface area (Å²) in [6.07, 6.45) is 0.798. The molecule has 2 aromatic carbocycles. The molecule has 0 aromatic heterocycles. The number of anilines is 1. The van der Waals surface area contributed by atoms with Crippen LogP contribution in [0, 0.1) is 6.92 Å². The van der Waals surface area contributed by atoms with Crippen molar-refractivity contribution in [2.75, 3.05) is 44.2 Å². The zero-order valence-corrected chi connectivity index (χ0v) is 17.1. The molecule has 3 rings (SSSR count). The standard InChI is InChI=1S/C20H26ClN3O2S/c1-17-3-9-20(10-4-17)27(25,26)22-11-2-12-23-13-15-24(16-14-23)19-7-5-18(21)6-8-19/h3-10,22H,2,11-16H2,1H3. The van der Waals surface area contributed by atoms with E-state index in [0.29, 0.717) is 11.4 Å². The molecule has 27 heavy (non-hydrogen) atoms. The minimum absolute atomic E-state index is 0.324. The second kappa shape index (κ2) is 9.06. The van der Waals surface area contributed by atoms with Crippen molar-refractivity contribution in [3.63, 3.8) is 0 Å². The largest absolute Gasteiger partial charge is 0.369 e. The summed E-state index contributed by atoms with van der Waals surface area (Å²) in [5, 5.41) is 0.755. The number of halogens is 1. The highest BCUT2D eigenvalue weighted by molar-refractivity contribution is 7.89. The third-order valence-corrected chi connectivity index (χ3v) is 6.57. The highest BCUT2D eigenvalue weighted by atomic mass is 35.5. The Morgan fingerprint density at radius 3 is 2.22 bits per heavy atom. The lowest BCUT2D eigenvalue weighted by atomic mass is 10.2. The van der Waals surface area contributed by atoms with E-state index >= 15 is 0 Å². The van der Waals surface area contributed by atoms with E-state index < -0.39 is 10.0 Å². The van der Waals surface area contributed by atoms with Gasteiger partial charge in [-0.15, -0.1) is 0 Å². The predicted octanol–water partition coefficient (Wildman–Crippen LogP) is 3.14. The minimum Gasteiger partial charge on any atom is -0.369 e. The van der Waals surface area contributed by atoms with Crippen molar-refractivity contribution in [3.8, 4) is 0 Å². The Morgan fingerprint density at radius 1 is 0.963 bits per heavy atom. The molecule has 1 aliphatic rings. The van der Waals surface area contributed by atoms with Crippen molar-refractivity contribution in [1.82, 2.24) is 9.62 Å². The summed E-state index contributed by atoms with van der Waals surface area (Å²) >= 11 is 5.95. The Labute approximate surface area is 167 Å². The van der Waals surface area contributed by atoms with Gasteiger partial charge in [-0.1, -0.05) is 29.3 Å².